The lowest BCUT2D eigenvalue weighted by Gasteiger charge is -2.15. The van der Waals surface area contributed by atoms with E-state index in [0.717, 1.165) is 18.5 Å². The van der Waals surface area contributed by atoms with Gasteiger partial charge in [-0.1, -0.05) is 0 Å². The van der Waals surface area contributed by atoms with Crippen LogP contribution in [0.15, 0.2) is 36.9 Å². The van der Waals surface area contributed by atoms with E-state index in [-0.39, 0.29) is 11.8 Å². The molecule has 1 aromatic heterocycles. The van der Waals surface area contributed by atoms with Gasteiger partial charge in [0.05, 0.1) is 5.69 Å². The van der Waals surface area contributed by atoms with Gasteiger partial charge >= 0.3 is 0 Å². The standard InChI is InChI=1S/C15H17N5O2/c21-14(19-13-3-1-2-8-17-15(13)22)11-4-6-12(7-5-11)20-10-16-9-18-20/h4-7,9-10,13H,1-3,8H2,(H,17,22)(H,19,21). The lowest BCUT2D eigenvalue weighted by atomic mass is 10.1. The van der Waals surface area contributed by atoms with Gasteiger partial charge in [0, 0.05) is 12.1 Å². The van der Waals surface area contributed by atoms with E-state index < -0.39 is 6.04 Å². The van der Waals surface area contributed by atoms with E-state index in [0.29, 0.717) is 18.5 Å². The molecular weight excluding hydrogens is 282 g/mol. The summed E-state index contributed by atoms with van der Waals surface area (Å²) in [6.45, 7) is 0.678. The van der Waals surface area contributed by atoms with Crippen LogP contribution in [-0.2, 0) is 4.79 Å². The Morgan fingerprint density at radius 3 is 2.82 bits per heavy atom. The van der Waals surface area contributed by atoms with Gasteiger partial charge in [0.15, 0.2) is 0 Å². The van der Waals surface area contributed by atoms with E-state index in [2.05, 4.69) is 20.7 Å². The summed E-state index contributed by atoms with van der Waals surface area (Å²) in [6, 6.07) is 6.54. The van der Waals surface area contributed by atoms with Gasteiger partial charge in [-0.25, -0.2) is 9.67 Å². The lowest BCUT2D eigenvalue weighted by molar-refractivity contribution is -0.122. The Balaban J connectivity index is 1.68. The van der Waals surface area contributed by atoms with Crippen LogP contribution in [0.25, 0.3) is 5.69 Å². The Morgan fingerprint density at radius 2 is 2.09 bits per heavy atom. The van der Waals surface area contributed by atoms with Crippen molar-refractivity contribution in [3.63, 3.8) is 0 Å². The predicted octanol–water partition coefficient (Wildman–Crippen LogP) is 0.666. The van der Waals surface area contributed by atoms with E-state index in [1.165, 1.54) is 6.33 Å². The fraction of sp³-hybridized carbons (Fsp3) is 0.333. The zero-order chi connectivity index (χ0) is 15.4. The zero-order valence-corrected chi connectivity index (χ0v) is 12.0. The first-order valence-corrected chi connectivity index (χ1v) is 7.28. The number of amides is 2. The van der Waals surface area contributed by atoms with Gasteiger partial charge in [-0.05, 0) is 43.5 Å². The van der Waals surface area contributed by atoms with Crippen LogP contribution in [0.1, 0.15) is 29.6 Å². The molecule has 1 fully saturated rings. The van der Waals surface area contributed by atoms with Crippen molar-refractivity contribution >= 4 is 11.8 Å². The average molecular weight is 299 g/mol. The highest BCUT2D eigenvalue weighted by molar-refractivity contribution is 5.97. The Bertz CT molecular complexity index is 651. The summed E-state index contributed by atoms with van der Waals surface area (Å²) in [5.41, 5.74) is 1.34. The minimum atomic E-state index is -0.454. The average Bonchev–Trinajstić information content (AvgIpc) is 3.00. The first-order valence-electron chi connectivity index (χ1n) is 7.28. The molecule has 0 bridgehead atoms. The number of nitrogens with one attached hydrogen (secondary N) is 2. The Kier molecular flexibility index (Phi) is 4.13. The molecular formula is C15H17N5O2. The summed E-state index contributed by atoms with van der Waals surface area (Å²) < 4.78 is 1.61. The molecule has 1 aliphatic rings. The monoisotopic (exact) mass is 299 g/mol. The van der Waals surface area contributed by atoms with Gasteiger partial charge in [-0.3, -0.25) is 9.59 Å². The molecule has 2 N–H and O–H groups in total. The van der Waals surface area contributed by atoms with Crippen LogP contribution < -0.4 is 10.6 Å². The minimum Gasteiger partial charge on any atom is -0.354 e. The van der Waals surface area contributed by atoms with E-state index in [9.17, 15) is 9.59 Å². The Morgan fingerprint density at radius 1 is 1.27 bits per heavy atom. The first-order chi connectivity index (χ1) is 10.7. The molecule has 7 heteroatoms. The van der Waals surface area contributed by atoms with Crippen molar-refractivity contribution in [3.05, 3.63) is 42.5 Å². The third-order valence-electron chi connectivity index (χ3n) is 3.65. The predicted molar refractivity (Wildman–Crippen MR) is 79.5 cm³/mol. The molecule has 1 unspecified atom stereocenters. The molecule has 22 heavy (non-hydrogen) atoms. The highest BCUT2D eigenvalue weighted by Gasteiger charge is 2.22. The number of rotatable bonds is 3. The van der Waals surface area contributed by atoms with Crippen LogP contribution in [0.3, 0.4) is 0 Å². The number of aromatic nitrogens is 3. The SMILES string of the molecule is O=C(NC1CCCCNC1=O)c1ccc(-n2cncn2)cc1. The maximum absolute atomic E-state index is 12.2. The van der Waals surface area contributed by atoms with Crippen LogP contribution in [0.5, 0.6) is 0 Å². The van der Waals surface area contributed by atoms with Crippen LogP contribution in [0.4, 0.5) is 0 Å². The fourth-order valence-electron chi connectivity index (χ4n) is 2.43. The molecule has 3 rings (SSSR count). The highest BCUT2D eigenvalue weighted by Crippen LogP contribution is 2.10. The second kappa shape index (κ2) is 6.38. The third-order valence-corrected chi connectivity index (χ3v) is 3.65. The van der Waals surface area contributed by atoms with Gasteiger partial charge < -0.3 is 10.6 Å². The first kappa shape index (κ1) is 14.2. The topological polar surface area (TPSA) is 88.9 Å². The van der Waals surface area contributed by atoms with Crippen molar-refractivity contribution in [2.24, 2.45) is 0 Å². The summed E-state index contributed by atoms with van der Waals surface area (Å²) in [5.74, 6) is -0.350. The van der Waals surface area contributed by atoms with Gasteiger partial charge in [-0.15, -0.1) is 0 Å². The molecule has 2 aromatic rings. The number of nitrogens with zero attached hydrogens (tertiary/aromatic N) is 3. The Labute approximate surface area is 127 Å². The lowest BCUT2D eigenvalue weighted by Crippen LogP contribution is -2.45. The molecule has 1 saturated heterocycles. The molecule has 0 aliphatic carbocycles. The van der Waals surface area contributed by atoms with Crippen LogP contribution in [0.2, 0.25) is 0 Å². The molecule has 2 heterocycles. The zero-order valence-electron chi connectivity index (χ0n) is 12.0. The minimum absolute atomic E-state index is 0.106. The van der Waals surface area contributed by atoms with Gasteiger partial charge in [-0.2, -0.15) is 5.10 Å². The summed E-state index contributed by atoms with van der Waals surface area (Å²) in [7, 11) is 0. The number of benzene rings is 1. The number of carbonyl (C=O) groups excluding carboxylic acids is 2. The van der Waals surface area contributed by atoms with E-state index in [1.54, 1.807) is 35.3 Å². The van der Waals surface area contributed by atoms with Gasteiger partial charge in [0.2, 0.25) is 5.91 Å². The summed E-state index contributed by atoms with van der Waals surface area (Å²) in [4.78, 5) is 28.0. The van der Waals surface area contributed by atoms with Crippen LogP contribution in [0, 0.1) is 0 Å². The maximum Gasteiger partial charge on any atom is 0.251 e. The molecule has 1 aliphatic heterocycles. The largest absolute Gasteiger partial charge is 0.354 e. The number of hydrogen-bond donors (Lipinski definition) is 2. The van der Waals surface area contributed by atoms with Gasteiger partial charge in [0.1, 0.15) is 18.7 Å². The van der Waals surface area contributed by atoms with Gasteiger partial charge in [0.25, 0.3) is 5.91 Å². The molecule has 1 aromatic carbocycles. The summed E-state index contributed by atoms with van der Waals surface area (Å²) in [5, 5.41) is 9.63. The van der Waals surface area contributed by atoms with Crippen molar-refractivity contribution in [1.29, 1.82) is 0 Å². The second-order valence-corrected chi connectivity index (χ2v) is 5.20. The number of carbonyl (C=O) groups is 2. The maximum atomic E-state index is 12.2. The molecule has 114 valence electrons. The van der Waals surface area contributed by atoms with Crippen molar-refractivity contribution in [2.75, 3.05) is 6.54 Å². The van der Waals surface area contributed by atoms with Crippen LogP contribution in [-0.4, -0.2) is 39.2 Å². The fourth-order valence-corrected chi connectivity index (χ4v) is 2.43. The summed E-state index contributed by atoms with van der Waals surface area (Å²) >= 11 is 0. The molecule has 1 atom stereocenters. The summed E-state index contributed by atoms with van der Waals surface area (Å²) in [6.07, 6.45) is 5.59. The quantitative estimate of drug-likeness (QED) is 0.871. The molecule has 7 nitrogen and oxygen atoms in total. The smallest absolute Gasteiger partial charge is 0.251 e. The highest BCUT2D eigenvalue weighted by atomic mass is 16.2. The van der Waals surface area contributed by atoms with Crippen molar-refractivity contribution in [2.45, 2.75) is 25.3 Å². The van der Waals surface area contributed by atoms with E-state index in [1.807, 2.05) is 0 Å². The third kappa shape index (κ3) is 3.13. The normalized spacial score (nSPS) is 18.4. The van der Waals surface area contributed by atoms with Crippen LogP contribution >= 0.6 is 0 Å². The van der Waals surface area contributed by atoms with Crippen molar-refractivity contribution in [1.82, 2.24) is 25.4 Å². The molecule has 0 spiro atoms. The Hall–Kier alpha value is -2.70. The molecule has 0 saturated carbocycles. The van der Waals surface area contributed by atoms with E-state index >= 15 is 0 Å². The van der Waals surface area contributed by atoms with Crippen molar-refractivity contribution in [3.8, 4) is 5.69 Å². The second-order valence-electron chi connectivity index (χ2n) is 5.20. The van der Waals surface area contributed by atoms with Crippen molar-refractivity contribution < 1.29 is 9.59 Å². The molecule has 0 radical (unpaired) electrons. The number of hydrogen-bond acceptors (Lipinski definition) is 4. The molecule has 2 amide bonds. The van der Waals surface area contributed by atoms with E-state index in [4.69, 9.17) is 0 Å².